The summed E-state index contributed by atoms with van der Waals surface area (Å²) in [4.78, 5) is 17.0. The van der Waals surface area contributed by atoms with Crippen LogP contribution in [0.25, 0.3) is 0 Å². The van der Waals surface area contributed by atoms with Gasteiger partial charge in [0.05, 0.1) is 13.2 Å². The van der Waals surface area contributed by atoms with Gasteiger partial charge >= 0.3 is 6.03 Å². The van der Waals surface area contributed by atoms with Crippen molar-refractivity contribution in [2.75, 3.05) is 23.0 Å². The Labute approximate surface area is 190 Å². The third-order valence-electron chi connectivity index (χ3n) is 6.06. The zero-order valence-electron chi connectivity index (χ0n) is 16.8. The lowest BCUT2D eigenvalue weighted by Gasteiger charge is -2.51. The van der Waals surface area contributed by atoms with Crippen LogP contribution in [0.3, 0.4) is 0 Å². The summed E-state index contributed by atoms with van der Waals surface area (Å²) in [7, 11) is 0. The van der Waals surface area contributed by atoms with Crippen LogP contribution in [0.5, 0.6) is 0 Å². The Hall–Kier alpha value is -2.57. The number of rotatable bonds is 3. The van der Waals surface area contributed by atoms with E-state index in [1.165, 1.54) is 4.90 Å². The number of amides is 2. The fourth-order valence-corrected chi connectivity index (χ4v) is 4.76. The van der Waals surface area contributed by atoms with Crippen molar-refractivity contribution < 1.29 is 14.6 Å². The van der Waals surface area contributed by atoms with Gasteiger partial charge < -0.3 is 9.84 Å². The Morgan fingerprint density at radius 1 is 0.871 bits per heavy atom. The largest absolute Gasteiger partial charge is 0.376 e. The second-order valence-electron chi connectivity index (χ2n) is 7.97. The highest BCUT2D eigenvalue weighted by molar-refractivity contribution is 6.31. The van der Waals surface area contributed by atoms with Crippen molar-refractivity contribution in [1.82, 2.24) is 0 Å². The number of anilines is 2. The van der Waals surface area contributed by atoms with Crippen molar-refractivity contribution >= 4 is 40.6 Å². The zero-order chi connectivity index (χ0) is 21.8. The van der Waals surface area contributed by atoms with Crippen molar-refractivity contribution in [3.05, 3.63) is 94.0 Å². The van der Waals surface area contributed by atoms with Gasteiger partial charge in [0.1, 0.15) is 5.54 Å². The highest BCUT2D eigenvalue weighted by atomic mass is 35.5. The van der Waals surface area contributed by atoms with E-state index in [-0.39, 0.29) is 19.2 Å². The number of benzene rings is 3. The Morgan fingerprint density at radius 2 is 1.42 bits per heavy atom. The molecule has 2 saturated heterocycles. The van der Waals surface area contributed by atoms with Crippen molar-refractivity contribution in [1.29, 1.82) is 0 Å². The van der Waals surface area contributed by atoms with Gasteiger partial charge in [-0.05, 0) is 55.5 Å². The van der Waals surface area contributed by atoms with Gasteiger partial charge in [-0.3, -0.25) is 9.80 Å². The predicted octanol–water partition coefficient (Wildman–Crippen LogP) is 5.36. The molecule has 2 fully saturated rings. The zero-order valence-corrected chi connectivity index (χ0v) is 18.3. The molecular formula is C24H20Cl2N2O3. The summed E-state index contributed by atoms with van der Waals surface area (Å²) in [5, 5.41) is 13.5. The molecule has 5 rings (SSSR count). The topological polar surface area (TPSA) is 53.0 Å². The Kier molecular flexibility index (Phi) is 4.75. The summed E-state index contributed by atoms with van der Waals surface area (Å²) in [6.07, 6.45) is 0. The number of urea groups is 1. The van der Waals surface area contributed by atoms with Crippen LogP contribution in [0, 0.1) is 6.92 Å². The van der Waals surface area contributed by atoms with Crippen molar-refractivity contribution in [2.24, 2.45) is 0 Å². The van der Waals surface area contributed by atoms with E-state index in [2.05, 4.69) is 0 Å². The first-order chi connectivity index (χ1) is 14.9. The van der Waals surface area contributed by atoms with Crippen LogP contribution in [-0.4, -0.2) is 29.9 Å². The first-order valence-electron chi connectivity index (χ1n) is 9.90. The number of nitrogens with zero attached hydrogens (tertiary/aromatic N) is 2. The monoisotopic (exact) mass is 454 g/mol. The van der Waals surface area contributed by atoms with E-state index in [0.717, 1.165) is 5.56 Å². The number of ether oxygens (including phenoxy) is 1. The molecule has 158 valence electrons. The lowest BCUT2D eigenvalue weighted by molar-refractivity contribution is -0.153. The van der Waals surface area contributed by atoms with Crippen molar-refractivity contribution in [3.8, 4) is 0 Å². The van der Waals surface area contributed by atoms with Crippen LogP contribution >= 0.6 is 23.2 Å². The second kappa shape index (κ2) is 7.24. The van der Waals surface area contributed by atoms with Gasteiger partial charge in [-0.25, -0.2) is 4.79 Å². The van der Waals surface area contributed by atoms with Gasteiger partial charge in [-0.1, -0.05) is 53.0 Å². The van der Waals surface area contributed by atoms with Gasteiger partial charge in [0.2, 0.25) is 5.72 Å². The molecule has 0 aliphatic carbocycles. The third-order valence-corrected chi connectivity index (χ3v) is 6.56. The van der Waals surface area contributed by atoms with Crippen molar-refractivity contribution in [2.45, 2.75) is 18.2 Å². The highest BCUT2D eigenvalue weighted by Gasteiger charge is 2.72. The molecule has 1 unspecified atom stereocenters. The Balaban J connectivity index is 1.76. The maximum absolute atomic E-state index is 13.9. The van der Waals surface area contributed by atoms with Crippen LogP contribution in [0.2, 0.25) is 10.0 Å². The molecule has 3 aromatic carbocycles. The number of carbonyl (C=O) groups excluding carboxylic acids is 1. The van der Waals surface area contributed by atoms with Gasteiger partial charge in [0, 0.05) is 27.0 Å². The number of aryl methyl sites for hydroxylation is 1. The highest BCUT2D eigenvalue weighted by Crippen LogP contribution is 2.54. The smallest absolute Gasteiger partial charge is 0.332 e. The number of halogens is 2. The predicted molar refractivity (Wildman–Crippen MR) is 122 cm³/mol. The average Bonchev–Trinajstić information content (AvgIpc) is 2.94. The van der Waals surface area contributed by atoms with Crippen LogP contribution in [-0.2, 0) is 10.5 Å². The summed E-state index contributed by atoms with van der Waals surface area (Å²) in [6.45, 7) is 2.34. The second-order valence-corrected chi connectivity index (χ2v) is 8.85. The minimum Gasteiger partial charge on any atom is -0.376 e. The van der Waals surface area contributed by atoms with E-state index in [1.54, 1.807) is 53.4 Å². The quantitative estimate of drug-likeness (QED) is 0.579. The number of hydrogen-bond acceptors (Lipinski definition) is 3. The maximum Gasteiger partial charge on any atom is 0.332 e. The molecular weight excluding hydrogens is 435 g/mol. The van der Waals surface area contributed by atoms with E-state index in [9.17, 15) is 9.90 Å². The number of hydrogen-bond donors (Lipinski definition) is 1. The van der Waals surface area contributed by atoms with Gasteiger partial charge in [-0.2, -0.15) is 0 Å². The fourth-order valence-electron chi connectivity index (χ4n) is 4.51. The summed E-state index contributed by atoms with van der Waals surface area (Å²) in [5.74, 6) is 0. The first-order valence-corrected chi connectivity index (χ1v) is 10.7. The van der Waals surface area contributed by atoms with Crippen molar-refractivity contribution in [3.63, 3.8) is 0 Å². The molecule has 31 heavy (non-hydrogen) atoms. The summed E-state index contributed by atoms with van der Waals surface area (Å²) >= 11 is 12.2. The number of carbonyl (C=O) groups is 1. The van der Waals surface area contributed by atoms with Crippen LogP contribution < -0.4 is 9.80 Å². The molecule has 1 N–H and O–H groups in total. The molecule has 0 radical (unpaired) electrons. The minimum absolute atomic E-state index is 0.190. The maximum atomic E-state index is 13.9. The molecule has 0 saturated carbocycles. The van der Waals surface area contributed by atoms with Crippen LogP contribution in [0.15, 0.2) is 72.8 Å². The molecule has 0 bridgehead atoms. The molecule has 1 atom stereocenters. The number of aliphatic hydroxyl groups is 1. The Morgan fingerprint density at radius 3 is 1.90 bits per heavy atom. The molecule has 2 aliphatic heterocycles. The Bertz CT molecular complexity index is 1150. The molecule has 1 spiro atoms. The average molecular weight is 455 g/mol. The molecule has 3 aromatic rings. The summed E-state index contributed by atoms with van der Waals surface area (Å²) in [6, 6.07) is 21.1. The summed E-state index contributed by atoms with van der Waals surface area (Å²) in [5.41, 5.74) is 0.111. The van der Waals surface area contributed by atoms with E-state index in [1.807, 2.05) is 31.2 Å². The van der Waals surface area contributed by atoms with E-state index in [0.29, 0.717) is 27.0 Å². The lowest BCUT2D eigenvalue weighted by atomic mass is 9.78. The van der Waals surface area contributed by atoms with Crippen LogP contribution in [0.1, 0.15) is 11.1 Å². The summed E-state index contributed by atoms with van der Waals surface area (Å²) < 4.78 is 5.61. The normalized spacial score (nSPS) is 22.1. The van der Waals surface area contributed by atoms with E-state index < -0.39 is 11.3 Å². The van der Waals surface area contributed by atoms with Crippen LogP contribution in [0.4, 0.5) is 16.2 Å². The molecule has 2 amide bonds. The van der Waals surface area contributed by atoms with E-state index in [4.69, 9.17) is 27.9 Å². The molecule has 5 nitrogen and oxygen atoms in total. The first kappa shape index (κ1) is 20.3. The molecule has 0 aromatic heterocycles. The fraction of sp³-hybridized carbons (Fsp3) is 0.208. The molecule has 7 heteroatoms. The third kappa shape index (κ3) is 2.88. The lowest BCUT2D eigenvalue weighted by Crippen LogP contribution is -2.70. The van der Waals surface area contributed by atoms with Gasteiger partial charge in [0.15, 0.2) is 0 Å². The van der Waals surface area contributed by atoms with Gasteiger partial charge in [-0.15, -0.1) is 0 Å². The van der Waals surface area contributed by atoms with Gasteiger partial charge in [0.25, 0.3) is 0 Å². The molecule has 2 heterocycles. The standard InChI is InChI=1S/C24H20Cl2N2O3/c1-16-3-2-4-17(13-16)24(30)23(14-31-15-23)27(20-9-5-18(25)6-10-20)22(29)28(24)21-11-7-19(26)8-12-21/h2-13,30H,14-15H2,1H3. The molecule has 2 aliphatic rings. The minimum atomic E-state index is -1.66. The van der Waals surface area contributed by atoms with E-state index >= 15 is 0 Å². The SMILES string of the molecule is Cc1cccc(C2(O)N(c3ccc(Cl)cc3)C(=O)N(c3ccc(Cl)cc3)C23COC3)c1.